The minimum atomic E-state index is -0.410. The van der Waals surface area contributed by atoms with Crippen molar-refractivity contribution in [2.45, 2.75) is 118 Å². The van der Waals surface area contributed by atoms with Crippen LogP contribution in [0.4, 0.5) is 0 Å². The van der Waals surface area contributed by atoms with Gasteiger partial charge < -0.3 is 20.1 Å². The Morgan fingerprint density at radius 3 is 2.41 bits per heavy atom. The van der Waals surface area contributed by atoms with Crippen LogP contribution in [0.2, 0.25) is 0 Å². The van der Waals surface area contributed by atoms with Crippen LogP contribution in [-0.2, 0) is 9.53 Å². The van der Waals surface area contributed by atoms with E-state index in [1.165, 1.54) is 6.92 Å². The second kappa shape index (κ2) is 10.1. The maximum Gasteiger partial charge on any atom is 0.302 e. The molecule has 210 valence electrons. The molecule has 4 aliphatic carbocycles. The molecular formula is C32H52O5. The number of carbonyl (C=O) groups is 1. The van der Waals surface area contributed by atoms with E-state index in [1.54, 1.807) is 11.1 Å². The largest absolute Gasteiger partial charge is 0.465 e. The van der Waals surface area contributed by atoms with Gasteiger partial charge in [0.2, 0.25) is 0 Å². The van der Waals surface area contributed by atoms with Gasteiger partial charge in [-0.1, -0.05) is 57.4 Å². The van der Waals surface area contributed by atoms with Gasteiger partial charge in [0.1, 0.15) is 6.61 Å². The van der Waals surface area contributed by atoms with Crippen molar-refractivity contribution in [3.63, 3.8) is 0 Å². The third kappa shape index (κ3) is 4.45. The lowest BCUT2D eigenvalue weighted by molar-refractivity contribution is -0.156. The highest BCUT2D eigenvalue weighted by Crippen LogP contribution is 2.72. The fraction of sp³-hybridized carbons (Fsp3) is 0.844. The van der Waals surface area contributed by atoms with Crippen molar-refractivity contribution in [3.05, 3.63) is 22.8 Å². The number of ether oxygens (including phenoxy) is 1. The van der Waals surface area contributed by atoms with E-state index in [4.69, 9.17) is 4.74 Å². The summed E-state index contributed by atoms with van der Waals surface area (Å²) < 4.78 is 5.82. The average molecular weight is 517 g/mol. The third-order valence-electron chi connectivity index (χ3n) is 12.3. The molecule has 0 saturated heterocycles. The lowest BCUT2D eigenvalue weighted by Crippen LogP contribution is -2.57. The highest BCUT2D eigenvalue weighted by molar-refractivity contribution is 5.66. The predicted molar refractivity (Wildman–Crippen MR) is 147 cm³/mol. The zero-order valence-corrected chi connectivity index (χ0v) is 24.4. The Morgan fingerprint density at radius 1 is 1.05 bits per heavy atom. The van der Waals surface area contributed by atoms with Crippen LogP contribution < -0.4 is 0 Å². The molecule has 0 spiro atoms. The third-order valence-corrected chi connectivity index (χ3v) is 12.3. The van der Waals surface area contributed by atoms with Gasteiger partial charge in [-0.25, -0.2) is 0 Å². The molecule has 2 saturated carbocycles. The van der Waals surface area contributed by atoms with Crippen molar-refractivity contribution in [1.82, 2.24) is 0 Å². The fourth-order valence-electron chi connectivity index (χ4n) is 9.64. The molecule has 3 N–H and O–H groups in total. The molecule has 0 aromatic rings. The Labute approximate surface area is 224 Å². The molecule has 8 atom stereocenters. The number of rotatable bonds is 7. The normalized spacial score (nSPS) is 40.9. The quantitative estimate of drug-likeness (QED) is 0.287. The Bertz CT molecular complexity index is 949. The first-order valence-corrected chi connectivity index (χ1v) is 14.7. The molecule has 2 unspecified atom stereocenters. The van der Waals surface area contributed by atoms with Gasteiger partial charge in [-0.3, -0.25) is 4.79 Å². The molecule has 0 aliphatic heterocycles. The van der Waals surface area contributed by atoms with E-state index in [1.807, 2.05) is 13.0 Å². The van der Waals surface area contributed by atoms with E-state index in [-0.39, 0.29) is 46.3 Å². The summed E-state index contributed by atoms with van der Waals surface area (Å²) in [5, 5.41) is 31.5. The minimum absolute atomic E-state index is 0.0428. The SMILES string of the molecule is CC(=O)OC[C@]12CC[C@H](O)C(C)(C)[C@@H]1CCC1=C2CC[C@]2(C)C([C@H](C)C(O)C/C=C(/C)CO)CC[C@@]12C. The zero-order chi connectivity index (χ0) is 27.4. The maximum absolute atomic E-state index is 12.0. The Hall–Kier alpha value is -1.17. The lowest BCUT2D eigenvalue weighted by Gasteiger charge is -2.62. The molecule has 0 aromatic heterocycles. The summed E-state index contributed by atoms with van der Waals surface area (Å²) >= 11 is 0. The first-order valence-electron chi connectivity index (χ1n) is 14.7. The summed E-state index contributed by atoms with van der Waals surface area (Å²) in [6.07, 6.45) is 9.94. The van der Waals surface area contributed by atoms with Gasteiger partial charge in [0, 0.05) is 12.3 Å². The van der Waals surface area contributed by atoms with Gasteiger partial charge in [0.05, 0.1) is 18.8 Å². The number of esters is 1. The maximum atomic E-state index is 12.0. The van der Waals surface area contributed by atoms with Crippen LogP contribution in [0, 0.1) is 39.4 Å². The molecule has 37 heavy (non-hydrogen) atoms. The molecule has 0 heterocycles. The number of allylic oxidation sites excluding steroid dienone is 1. The van der Waals surface area contributed by atoms with Crippen LogP contribution in [0.25, 0.3) is 0 Å². The van der Waals surface area contributed by atoms with Crippen molar-refractivity contribution >= 4 is 5.97 Å². The van der Waals surface area contributed by atoms with E-state index in [0.29, 0.717) is 24.9 Å². The van der Waals surface area contributed by atoms with Crippen LogP contribution >= 0.6 is 0 Å². The van der Waals surface area contributed by atoms with Crippen LogP contribution in [0.15, 0.2) is 22.8 Å². The van der Waals surface area contributed by atoms with E-state index in [0.717, 1.165) is 56.9 Å². The molecule has 0 bridgehead atoms. The Morgan fingerprint density at radius 2 is 1.76 bits per heavy atom. The summed E-state index contributed by atoms with van der Waals surface area (Å²) in [6, 6.07) is 0. The van der Waals surface area contributed by atoms with E-state index >= 15 is 0 Å². The first kappa shape index (κ1) is 28.8. The van der Waals surface area contributed by atoms with Gasteiger partial charge in [-0.15, -0.1) is 0 Å². The second-order valence-electron chi connectivity index (χ2n) is 14.1. The van der Waals surface area contributed by atoms with Crippen LogP contribution in [0.5, 0.6) is 0 Å². The Balaban J connectivity index is 1.71. The standard InChI is InChI=1S/C32H52O5/c1-20(18-33)8-10-26(35)21(2)23-12-15-31(7)24-9-11-27-29(4,5)28(36)14-17-32(27,19-37-22(3)34)25(24)13-16-30(23,31)6/h8,21,23,26-28,33,35-36H,9-19H2,1-7H3/b20-8-/t21-,23?,26?,27-,28-,30+,31-,32-/m0/s1. The average Bonchev–Trinajstić information content (AvgIpc) is 3.14. The lowest BCUT2D eigenvalue weighted by atomic mass is 9.43. The molecule has 4 aliphatic rings. The van der Waals surface area contributed by atoms with Crippen molar-refractivity contribution in [2.75, 3.05) is 13.2 Å². The molecule has 0 amide bonds. The van der Waals surface area contributed by atoms with E-state index in [9.17, 15) is 20.1 Å². The number of aliphatic hydroxyl groups excluding tert-OH is 3. The number of carbonyl (C=O) groups excluding carboxylic acids is 1. The summed E-state index contributed by atoms with van der Waals surface area (Å²) in [5.41, 5.74) is 3.86. The topological polar surface area (TPSA) is 87.0 Å². The predicted octanol–water partition coefficient (Wildman–Crippen LogP) is 5.97. The second-order valence-corrected chi connectivity index (χ2v) is 14.1. The monoisotopic (exact) mass is 516 g/mol. The molecule has 5 heteroatoms. The first-order chi connectivity index (χ1) is 17.2. The van der Waals surface area contributed by atoms with Crippen LogP contribution in [-0.4, -0.2) is 46.7 Å². The van der Waals surface area contributed by atoms with Crippen molar-refractivity contribution < 1.29 is 24.9 Å². The van der Waals surface area contributed by atoms with Gasteiger partial charge in [0.15, 0.2) is 0 Å². The highest BCUT2D eigenvalue weighted by Gasteiger charge is 2.64. The molecule has 2 fully saturated rings. The highest BCUT2D eigenvalue weighted by atomic mass is 16.5. The smallest absolute Gasteiger partial charge is 0.302 e. The minimum Gasteiger partial charge on any atom is -0.465 e. The van der Waals surface area contributed by atoms with Crippen molar-refractivity contribution in [2.24, 2.45) is 39.4 Å². The van der Waals surface area contributed by atoms with E-state index in [2.05, 4.69) is 34.6 Å². The molecule has 4 rings (SSSR count). The number of fused-ring (bicyclic) bond motifs is 4. The Kier molecular flexibility index (Phi) is 7.87. The van der Waals surface area contributed by atoms with Crippen molar-refractivity contribution in [1.29, 1.82) is 0 Å². The number of aliphatic hydroxyl groups is 3. The molecular weight excluding hydrogens is 464 g/mol. The zero-order valence-electron chi connectivity index (χ0n) is 24.4. The van der Waals surface area contributed by atoms with Gasteiger partial charge in [-0.2, -0.15) is 0 Å². The molecule has 5 nitrogen and oxygen atoms in total. The van der Waals surface area contributed by atoms with Crippen molar-refractivity contribution in [3.8, 4) is 0 Å². The van der Waals surface area contributed by atoms with Crippen LogP contribution in [0.3, 0.4) is 0 Å². The van der Waals surface area contributed by atoms with E-state index < -0.39 is 6.10 Å². The fourth-order valence-corrected chi connectivity index (χ4v) is 9.64. The molecule has 0 radical (unpaired) electrons. The summed E-state index contributed by atoms with van der Waals surface area (Å²) in [5.74, 6) is 0.711. The van der Waals surface area contributed by atoms with Gasteiger partial charge >= 0.3 is 5.97 Å². The number of hydrogen-bond acceptors (Lipinski definition) is 5. The summed E-state index contributed by atoms with van der Waals surface area (Å²) in [6.45, 7) is 15.5. The van der Waals surface area contributed by atoms with Crippen LogP contribution in [0.1, 0.15) is 106 Å². The summed E-state index contributed by atoms with van der Waals surface area (Å²) in [7, 11) is 0. The van der Waals surface area contributed by atoms with Gasteiger partial charge in [-0.05, 0) is 98.7 Å². The summed E-state index contributed by atoms with van der Waals surface area (Å²) in [4.78, 5) is 12.0. The molecule has 0 aromatic carbocycles. The number of hydrogen-bond donors (Lipinski definition) is 3. The van der Waals surface area contributed by atoms with Gasteiger partial charge in [0.25, 0.3) is 0 Å².